The molecule has 0 bridgehead atoms. The van der Waals surface area contributed by atoms with E-state index in [9.17, 15) is 4.79 Å². The predicted octanol–water partition coefficient (Wildman–Crippen LogP) is 3.61. The average molecular weight is 406 g/mol. The molecule has 0 saturated carbocycles. The van der Waals surface area contributed by atoms with Crippen LogP contribution in [0.5, 0.6) is 5.88 Å². The highest BCUT2D eigenvalue weighted by atomic mass is 16.5. The van der Waals surface area contributed by atoms with Crippen molar-refractivity contribution in [1.82, 2.24) is 9.97 Å². The fraction of sp³-hybridized carbons (Fsp3) is 0.348. The molecule has 4 rings (SSSR count). The molecule has 1 aliphatic heterocycles. The first-order chi connectivity index (χ1) is 14.6. The fourth-order valence-corrected chi connectivity index (χ4v) is 3.33. The van der Waals surface area contributed by atoms with Crippen molar-refractivity contribution >= 4 is 28.4 Å². The van der Waals surface area contributed by atoms with Gasteiger partial charge in [-0.2, -0.15) is 0 Å². The molecule has 0 aliphatic carbocycles. The number of ether oxygens (including phenoxy) is 2. The van der Waals surface area contributed by atoms with Crippen LogP contribution in [-0.4, -0.2) is 48.8 Å². The Labute approximate surface area is 176 Å². The van der Waals surface area contributed by atoms with E-state index in [4.69, 9.17) is 14.5 Å². The van der Waals surface area contributed by atoms with Crippen LogP contribution in [0.15, 0.2) is 48.5 Å². The lowest BCUT2D eigenvalue weighted by atomic mass is 10.0. The average Bonchev–Trinajstić information content (AvgIpc) is 2.78. The molecule has 2 aromatic carbocycles. The third-order valence-electron chi connectivity index (χ3n) is 5.03. The van der Waals surface area contributed by atoms with E-state index >= 15 is 0 Å². The van der Waals surface area contributed by atoms with Gasteiger partial charge in [0, 0.05) is 18.8 Å². The second kappa shape index (κ2) is 9.09. The molecule has 2 heterocycles. The Hall–Kier alpha value is -3.19. The smallest absolute Gasteiger partial charge is 0.262 e. The molecule has 156 valence electrons. The zero-order valence-electron chi connectivity index (χ0n) is 17.3. The number of para-hydroxylation sites is 2. The Morgan fingerprint density at radius 3 is 2.40 bits per heavy atom. The van der Waals surface area contributed by atoms with Crippen molar-refractivity contribution in [3.05, 3.63) is 54.1 Å². The number of nitrogens with zero attached hydrogens (tertiary/aromatic N) is 3. The van der Waals surface area contributed by atoms with Gasteiger partial charge >= 0.3 is 0 Å². The second-order valence-electron chi connectivity index (χ2n) is 7.55. The van der Waals surface area contributed by atoms with Crippen LogP contribution in [0, 0.1) is 0 Å². The minimum atomic E-state index is -0.241. The number of rotatable bonds is 6. The molecule has 1 aliphatic rings. The van der Waals surface area contributed by atoms with Crippen molar-refractivity contribution in [2.45, 2.75) is 19.8 Å². The lowest BCUT2D eigenvalue weighted by Crippen LogP contribution is -2.37. The zero-order chi connectivity index (χ0) is 20.9. The maximum Gasteiger partial charge on any atom is 0.262 e. The molecule has 1 fully saturated rings. The number of carbonyl (C=O) groups is 1. The molecule has 1 aromatic heterocycles. The molecule has 7 nitrogen and oxygen atoms in total. The lowest BCUT2D eigenvalue weighted by Gasteiger charge is -2.28. The number of anilines is 2. The number of amides is 1. The van der Waals surface area contributed by atoms with Gasteiger partial charge in [0.2, 0.25) is 0 Å². The van der Waals surface area contributed by atoms with E-state index < -0.39 is 0 Å². The van der Waals surface area contributed by atoms with Crippen LogP contribution in [0.2, 0.25) is 0 Å². The number of hydrogen-bond donors (Lipinski definition) is 1. The third-order valence-corrected chi connectivity index (χ3v) is 5.03. The number of aromatic nitrogens is 2. The first kappa shape index (κ1) is 20.1. The second-order valence-corrected chi connectivity index (χ2v) is 7.55. The quantitative estimate of drug-likeness (QED) is 0.674. The highest BCUT2D eigenvalue weighted by Gasteiger charge is 2.20. The number of benzene rings is 2. The van der Waals surface area contributed by atoms with Crippen LogP contribution >= 0.6 is 0 Å². The maximum absolute atomic E-state index is 12.4. The summed E-state index contributed by atoms with van der Waals surface area (Å²) >= 11 is 0. The van der Waals surface area contributed by atoms with Gasteiger partial charge in [-0.05, 0) is 35.7 Å². The lowest BCUT2D eigenvalue weighted by molar-refractivity contribution is -0.118. The highest BCUT2D eigenvalue weighted by molar-refractivity contribution is 5.92. The van der Waals surface area contributed by atoms with Gasteiger partial charge in [0.15, 0.2) is 12.4 Å². The normalized spacial score (nSPS) is 14.2. The van der Waals surface area contributed by atoms with E-state index in [1.807, 2.05) is 48.5 Å². The standard InChI is InChI=1S/C23H26N4O3/c1-16(2)17-7-9-18(10-8-17)24-21(28)15-30-23-22(27-11-13-29-14-12-27)25-19-5-3-4-6-20(19)26-23/h3-10,16H,11-15H2,1-2H3,(H,24,28). The topological polar surface area (TPSA) is 76.6 Å². The Kier molecular flexibility index (Phi) is 6.09. The number of fused-ring (bicyclic) bond motifs is 1. The Bertz CT molecular complexity index is 1010. The molecule has 0 unspecified atom stereocenters. The number of hydrogen-bond acceptors (Lipinski definition) is 6. The summed E-state index contributed by atoms with van der Waals surface area (Å²) < 4.78 is 11.3. The van der Waals surface area contributed by atoms with E-state index in [1.54, 1.807) is 0 Å². The van der Waals surface area contributed by atoms with E-state index in [0.717, 1.165) is 16.7 Å². The fourth-order valence-electron chi connectivity index (χ4n) is 3.33. The molecule has 0 spiro atoms. The van der Waals surface area contributed by atoms with Crippen LogP contribution in [-0.2, 0) is 9.53 Å². The Balaban J connectivity index is 1.48. The van der Waals surface area contributed by atoms with E-state index in [0.29, 0.717) is 43.9 Å². The minimum absolute atomic E-state index is 0.143. The Morgan fingerprint density at radius 1 is 1.07 bits per heavy atom. The maximum atomic E-state index is 12.4. The van der Waals surface area contributed by atoms with Gasteiger partial charge in [-0.15, -0.1) is 0 Å². The van der Waals surface area contributed by atoms with Crippen LogP contribution in [0.25, 0.3) is 11.0 Å². The van der Waals surface area contributed by atoms with Crippen molar-refractivity contribution in [2.75, 3.05) is 43.1 Å². The van der Waals surface area contributed by atoms with Crippen molar-refractivity contribution < 1.29 is 14.3 Å². The summed E-state index contributed by atoms with van der Waals surface area (Å²) in [7, 11) is 0. The summed E-state index contributed by atoms with van der Waals surface area (Å²) in [6.45, 7) is 6.80. The molecule has 7 heteroatoms. The van der Waals surface area contributed by atoms with E-state index in [1.165, 1.54) is 5.56 Å². The summed E-state index contributed by atoms with van der Waals surface area (Å²) in [6, 6.07) is 15.5. The third kappa shape index (κ3) is 4.68. The largest absolute Gasteiger partial charge is 0.465 e. The van der Waals surface area contributed by atoms with E-state index in [2.05, 4.69) is 29.0 Å². The highest BCUT2D eigenvalue weighted by Crippen LogP contribution is 2.27. The van der Waals surface area contributed by atoms with Crippen molar-refractivity contribution in [1.29, 1.82) is 0 Å². The molecular weight excluding hydrogens is 380 g/mol. The van der Waals surface area contributed by atoms with Gasteiger partial charge < -0.3 is 19.7 Å². The summed E-state index contributed by atoms with van der Waals surface area (Å²) in [5.74, 6) is 1.21. The van der Waals surface area contributed by atoms with Gasteiger partial charge in [-0.1, -0.05) is 38.1 Å². The zero-order valence-corrected chi connectivity index (χ0v) is 17.3. The van der Waals surface area contributed by atoms with Gasteiger partial charge in [0.25, 0.3) is 11.8 Å². The van der Waals surface area contributed by atoms with Crippen LogP contribution in [0.3, 0.4) is 0 Å². The number of nitrogens with one attached hydrogen (secondary N) is 1. The summed E-state index contributed by atoms with van der Waals surface area (Å²) in [5.41, 5.74) is 3.49. The summed E-state index contributed by atoms with van der Waals surface area (Å²) in [5, 5.41) is 2.87. The Morgan fingerprint density at radius 2 is 1.73 bits per heavy atom. The van der Waals surface area contributed by atoms with Crippen molar-refractivity contribution in [2.24, 2.45) is 0 Å². The van der Waals surface area contributed by atoms with E-state index in [-0.39, 0.29) is 12.5 Å². The van der Waals surface area contributed by atoms with Gasteiger partial charge in [-0.25, -0.2) is 9.97 Å². The minimum Gasteiger partial charge on any atom is -0.465 e. The van der Waals surface area contributed by atoms with Gasteiger partial charge in [-0.3, -0.25) is 4.79 Å². The predicted molar refractivity (Wildman–Crippen MR) is 117 cm³/mol. The molecule has 3 aromatic rings. The van der Waals surface area contributed by atoms with Crippen molar-refractivity contribution in [3.8, 4) is 5.88 Å². The summed E-state index contributed by atoms with van der Waals surface area (Å²) in [6.07, 6.45) is 0. The monoisotopic (exact) mass is 406 g/mol. The molecule has 30 heavy (non-hydrogen) atoms. The number of carbonyl (C=O) groups excluding carboxylic acids is 1. The van der Waals surface area contributed by atoms with Gasteiger partial charge in [0.05, 0.1) is 24.2 Å². The molecule has 1 N–H and O–H groups in total. The first-order valence-corrected chi connectivity index (χ1v) is 10.2. The van der Waals surface area contributed by atoms with Crippen LogP contribution in [0.1, 0.15) is 25.3 Å². The van der Waals surface area contributed by atoms with Crippen LogP contribution in [0.4, 0.5) is 11.5 Å². The van der Waals surface area contributed by atoms with Crippen LogP contribution < -0.4 is 15.0 Å². The molecule has 0 atom stereocenters. The first-order valence-electron chi connectivity index (χ1n) is 10.2. The SMILES string of the molecule is CC(C)c1ccc(NC(=O)COc2nc3ccccc3nc2N2CCOCC2)cc1. The summed E-state index contributed by atoms with van der Waals surface area (Å²) in [4.78, 5) is 23.9. The number of morpholine rings is 1. The molecular formula is C23H26N4O3. The molecule has 1 saturated heterocycles. The van der Waals surface area contributed by atoms with Gasteiger partial charge in [0.1, 0.15) is 0 Å². The molecule has 0 radical (unpaired) electrons. The van der Waals surface area contributed by atoms with Crippen molar-refractivity contribution in [3.63, 3.8) is 0 Å². The molecule has 1 amide bonds.